The zero-order valence-corrected chi connectivity index (χ0v) is 12.1. The third-order valence-corrected chi connectivity index (χ3v) is 3.61. The van der Waals surface area contributed by atoms with Crippen molar-refractivity contribution in [3.8, 4) is 0 Å². The molecule has 1 fully saturated rings. The molecule has 0 N–H and O–H groups in total. The van der Waals surface area contributed by atoms with Crippen LogP contribution in [-0.2, 0) is 9.59 Å². The standard InChI is InChI=1S/C14H16ClN3O2/c1-2-14(20)18-7-5-17(6-8-18)13-4-3-11(15)9-12(13)16-10-19/h3-4,9H,2,5-8H2,1H3. The molecule has 0 spiro atoms. The van der Waals surface area contributed by atoms with Gasteiger partial charge in [0.2, 0.25) is 12.0 Å². The number of benzene rings is 1. The van der Waals surface area contributed by atoms with Crippen molar-refractivity contribution in [1.29, 1.82) is 0 Å². The third-order valence-electron chi connectivity index (χ3n) is 3.38. The fourth-order valence-corrected chi connectivity index (χ4v) is 2.49. The minimum Gasteiger partial charge on any atom is -0.366 e. The van der Waals surface area contributed by atoms with Crippen LogP contribution in [0, 0.1) is 0 Å². The maximum atomic E-state index is 11.6. The minimum atomic E-state index is 0.173. The number of nitrogens with zero attached hydrogens (tertiary/aromatic N) is 3. The summed E-state index contributed by atoms with van der Waals surface area (Å²) in [5.41, 5.74) is 1.36. The van der Waals surface area contributed by atoms with Gasteiger partial charge in [-0.25, -0.2) is 4.79 Å². The van der Waals surface area contributed by atoms with Gasteiger partial charge in [0.25, 0.3) is 0 Å². The zero-order valence-electron chi connectivity index (χ0n) is 11.3. The Morgan fingerprint density at radius 3 is 2.65 bits per heavy atom. The highest BCUT2D eigenvalue weighted by Crippen LogP contribution is 2.32. The van der Waals surface area contributed by atoms with Gasteiger partial charge in [0.15, 0.2) is 0 Å². The fourth-order valence-electron chi connectivity index (χ4n) is 2.32. The SMILES string of the molecule is CCC(=O)N1CCN(c2ccc(Cl)cc2N=C=O)CC1. The molecule has 0 radical (unpaired) electrons. The van der Waals surface area contributed by atoms with Crippen molar-refractivity contribution in [3.63, 3.8) is 0 Å². The molecule has 1 amide bonds. The maximum Gasteiger partial charge on any atom is 0.240 e. The fraction of sp³-hybridized carbons (Fsp3) is 0.429. The summed E-state index contributed by atoms with van der Waals surface area (Å²) in [6.07, 6.45) is 2.08. The quantitative estimate of drug-likeness (QED) is 0.635. The van der Waals surface area contributed by atoms with Gasteiger partial charge in [-0.3, -0.25) is 4.79 Å². The van der Waals surface area contributed by atoms with Crippen LogP contribution < -0.4 is 4.90 Å². The number of anilines is 1. The van der Waals surface area contributed by atoms with E-state index in [0.29, 0.717) is 30.2 Å². The molecule has 1 aliphatic rings. The first-order chi connectivity index (χ1) is 9.65. The lowest BCUT2D eigenvalue weighted by molar-refractivity contribution is -0.131. The second-order valence-electron chi connectivity index (χ2n) is 4.56. The molecule has 0 unspecified atom stereocenters. The van der Waals surface area contributed by atoms with Crippen LogP contribution in [0.25, 0.3) is 0 Å². The summed E-state index contributed by atoms with van der Waals surface area (Å²) in [7, 11) is 0. The van der Waals surface area contributed by atoms with Gasteiger partial charge >= 0.3 is 0 Å². The van der Waals surface area contributed by atoms with Gasteiger partial charge in [0, 0.05) is 37.6 Å². The Hall–Kier alpha value is -1.84. The van der Waals surface area contributed by atoms with Crippen LogP contribution in [-0.4, -0.2) is 43.1 Å². The van der Waals surface area contributed by atoms with E-state index in [-0.39, 0.29) is 5.91 Å². The second kappa shape index (κ2) is 6.55. The number of piperazine rings is 1. The van der Waals surface area contributed by atoms with Gasteiger partial charge in [0.05, 0.1) is 5.69 Å². The summed E-state index contributed by atoms with van der Waals surface area (Å²) in [6.45, 7) is 4.66. The minimum absolute atomic E-state index is 0.173. The van der Waals surface area contributed by atoms with Crippen molar-refractivity contribution >= 4 is 35.0 Å². The second-order valence-corrected chi connectivity index (χ2v) is 4.99. The molecule has 1 aromatic rings. The van der Waals surface area contributed by atoms with Crippen molar-refractivity contribution in [2.45, 2.75) is 13.3 Å². The first-order valence-corrected chi connectivity index (χ1v) is 6.93. The lowest BCUT2D eigenvalue weighted by Gasteiger charge is -2.36. The summed E-state index contributed by atoms with van der Waals surface area (Å²) in [4.78, 5) is 29.8. The number of hydrogen-bond donors (Lipinski definition) is 0. The number of carbonyl (C=O) groups is 1. The Balaban J connectivity index is 2.14. The van der Waals surface area contributed by atoms with Crippen LogP contribution in [0.15, 0.2) is 23.2 Å². The Morgan fingerprint density at radius 2 is 2.05 bits per heavy atom. The van der Waals surface area contributed by atoms with E-state index < -0.39 is 0 Å². The van der Waals surface area contributed by atoms with Crippen LogP contribution >= 0.6 is 11.6 Å². The lowest BCUT2D eigenvalue weighted by atomic mass is 10.2. The molecule has 0 bridgehead atoms. The van der Waals surface area contributed by atoms with Crippen LogP contribution in [0.5, 0.6) is 0 Å². The van der Waals surface area contributed by atoms with Crippen molar-refractivity contribution < 1.29 is 9.59 Å². The normalized spacial score (nSPS) is 14.9. The monoisotopic (exact) mass is 293 g/mol. The molecular weight excluding hydrogens is 278 g/mol. The molecule has 2 rings (SSSR count). The number of halogens is 1. The van der Waals surface area contributed by atoms with Gasteiger partial charge in [-0.1, -0.05) is 18.5 Å². The Bertz CT molecular complexity index is 547. The summed E-state index contributed by atoms with van der Waals surface area (Å²) >= 11 is 5.91. The molecule has 1 aromatic carbocycles. The summed E-state index contributed by atoms with van der Waals surface area (Å²) < 4.78 is 0. The smallest absolute Gasteiger partial charge is 0.240 e. The number of aliphatic imine (C=N–C) groups is 1. The molecule has 0 aromatic heterocycles. The first-order valence-electron chi connectivity index (χ1n) is 6.56. The Kier molecular flexibility index (Phi) is 4.77. The molecule has 1 heterocycles. The third kappa shape index (κ3) is 3.18. The van der Waals surface area contributed by atoms with E-state index in [1.165, 1.54) is 0 Å². The Labute approximate surface area is 122 Å². The van der Waals surface area contributed by atoms with E-state index in [4.69, 9.17) is 11.6 Å². The number of isocyanates is 1. The predicted molar refractivity (Wildman–Crippen MR) is 78.3 cm³/mol. The average Bonchev–Trinajstić information content (AvgIpc) is 2.47. The first kappa shape index (κ1) is 14.6. The van der Waals surface area contributed by atoms with E-state index in [2.05, 4.69) is 9.89 Å². The molecule has 1 aliphatic heterocycles. The van der Waals surface area contributed by atoms with Crippen molar-refractivity contribution in [3.05, 3.63) is 23.2 Å². The molecule has 5 nitrogen and oxygen atoms in total. The van der Waals surface area contributed by atoms with Gasteiger partial charge in [-0.15, -0.1) is 0 Å². The number of amides is 1. The topological polar surface area (TPSA) is 53.0 Å². The van der Waals surface area contributed by atoms with Crippen LogP contribution in [0.3, 0.4) is 0 Å². The van der Waals surface area contributed by atoms with Crippen LogP contribution in [0.4, 0.5) is 11.4 Å². The van der Waals surface area contributed by atoms with Gasteiger partial charge in [0.1, 0.15) is 5.69 Å². The zero-order chi connectivity index (χ0) is 14.5. The lowest BCUT2D eigenvalue weighted by Crippen LogP contribution is -2.48. The van der Waals surface area contributed by atoms with Crippen molar-refractivity contribution in [2.75, 3.05) is 31.1 Å². The predicted octanol–water partition coefficient (Wildman–Crippen LogP) is 2.37. The average molecular weight is 294 g/mol. The van der Waals surface area contributed by atoms with Gasteiger partial charge in [-0.05, 0) is 18.2 Å². The molecule has 6 heteroatoms. The summed E-state index contributed by atoms with van der Waals surface area (Å²) in [6, 6.07) is 5.26. The van der Waals surface area contributed by atoms with Gasteiger partial charge < -0.3 is 9.80 Å². The highest BCUT2D eigenvalue weighted by Gasteiger charge is 2.21. The molecule has 20 heavy (non-hydrogen) atoms. The molecule has 106 valence electrons. The van der Waals surface area contributed by atoms with E-state index in [9.17, 15) is 9.59 Å². The molecule has 0 aliphatic carbocycles. The van der Waals surface area contributed by atoms with Crippen molar-refractivity contribution in [2.24, 2.45) is 4.99 Å². The Morgan fingerprint density at radius 1 is 1.35 bits per heavy atom. The number of hydrogen-bond acceptors (Lipinski definition) is 4. The van der Waals surface area contributed by atoms with Crippen molar-refractivity contribution in [1.82, 2.24) is 4.90 Å². The maximum absolute atomic E-state index is 11.6. The largest absolute Gasteiger partial charge is 0.366 e. The molecule has 0 atom stereocenters. The molecular formula is C14H16ClN3O2. The van der Waals surface area contributed by atoms with Crippen LogP contribution in [0.2, 0.25) is 5.02 Å². The van der Waals surface area contributed by atoms with E-state index in [1.807, 2.05) is 17.9 Å². The summed E-state index contributed by atoms with van der Waals surface area (Å²) in [5.74, 6) is 0.173. The molecule has 0 saturated carbocycles. The highest BCUT2D eigenvalue weighted by molar-refractivity contribution is 6.31. The van der Waals surface area contributed by atoms with Gasteiger partial charge in [-0.2, -0.15) is 4.99 Å². The van der Waals surface area contributed by atoms with Crippen LogP contribution in [0.1, 0.15) is 13.3 Å². The highest BCUT2D eigenvalue weighted by atomic mass is 35.5. The number of rotatable bonds is 3. The van der Waals surface area contributed by atoms with E-state index in [0.717, 1.165) is 18.8 Å². The number of carbonyl (C=O) groups excluding carboxylic acids is 2. The van der Waals surface area contributed by atoms with E-state index >= 15 is 0 Å². The molecule has 1 saturated heterocycles. The van der Waals surface area contributed by atoms with E-state index in [1.54, 1.807) is 18.2 Å². The summed E-state index contributed by atoms with van der Waals surface area (Å²) in [5, 5.41) is 0.530.